The molecule has 1 N–H and O–H groups in total. The first-order valence-corrected chi connectivity index (χ1v) is 13.7. The fourth-order valence-electron chi connectivity index (χ4n) is 7.65. The van der Waals surface area contributed by atoms with Gasteiger partial charge in [0.05, 0.1) is 17.8 Å². The summed E-state index contributed by atoms with van der Waals surface area (Å²) in [5, 5.41) is 11.7. The van der Waals surface area contributed by atoms with E-state index >= 15 is 0 Å². The molecule has 10 atom stereocenters. The number of esters is 2. The molecule has 2 saturated heterocycles. The molecule has 8 nitrogen and oxygen atoms in total. The van der Waals surface area contributed by atoms with Gasteiger partial charge in [-0.2, -0.15) is 0 Å². The third-order valence-electron chi connectivity index (χ3n) is 10.5. The Balaban J connectivity index is 1.82. The Kier molecular flexibility index (Phi) is 6.86. The number of fused-ring (bicyclic) bond motifs is 3. The highest BCUT2D eigenvalue weighted by atomic mass is 16.7. The molecule has 0 radical (unpaired) electrons. The van der Waals surface area contributed by atoms with Crippen LogP contribution in [0.4, 0.5) is 0 Å². The average molecular weight is 533 g/mol. The summed E-state index contributed by atoms with van der Waals surface area (Å²) in [6.45, 7) is 20.4. The third-order valence-corrected chi connectivity index (χ3v) is 10.5. The van der Waals surface area contributed by atoms with Crippen LogP contribution in [0.15, 0.2) is 24.3 Å². The first-order chi connectivity index (χ1) is 17.4. The zero-order valence-electron chi connectivity index (χ0n) is 24.3. The number of hydrogen-bond acceptors (Lipinski definition) is 8. The van der Waals surface area contributed by atoms with Crippen molar-refractivity contribution in [3.05, 3.63) is 24.3 Å². The van der Waals surface area contributed by atoms with Crippen LogP contribution in [0.3, 0.4) is 0 Å². The molecule has 2 saturated carbocycles. The summed E-state index contributed by atoms with van der Waals surface area (Å²) in [7, 11) is 0. The summed E-state index contributed by atoms with van der Waals surface area (Å²) in [6, 6.07) is 0. The van der Waals surface area contributed by atoms with Gasteiger partial charge >= 0.3 is 11.9 Å². The van der Waals surface area contributed by atoms with Crippen molar-refractivity contribution in [1.82, 2.24) is 0 Å². The van der Waals surface area contributed by atoms with E-state index in [9.17, 15) is 19.5 Å². The minimum atomic E-state index is -1.31. The third kappa shape index (κ3) is 4.09. The first kappa shape index (κ1) is 29.0. The molecular formula is C30H44O8. The van der Waals surface area contributed by atoms with Crippen LogP contribution >= 0.6 is 0 Å². The van der Waals surface area contributed by atoms with Crippen molar-refractivity contribution in [3.63, 3.8) is 0 Å². The number of hydrogen-bond donors (Lipinski definition) is 1. The number of ketones is 1. The molecule has 2 aliphatic heterocycles. The Bertz CT molecular complexity index is 1080. The molecule has 38 heavy (non-hydrogen) atoms. The van der Waals surface area contributed by atoms with Gasteiger partial charge in [0.15, 0.2) is 11.4 Å². The van der Waals surface area contributed by atoms with Crippen molar-refractivity contribution >= 4 is 17.7 Å². The minimum Gasteiger partial charge on any atom is -0.459 e. The number of carbonyl (C=O) groups is 3. The lowest BCUT2D eigenvalue weighted by Gasteiger charge is -2.67. The van der Waals surface area contributed by atoms with E-state index in [0.29, 0.717) is 5.57 Å². The summed E-state index contributed by atoms with van der Waals surface area (Å²) in [6.07, 6.45) is 1.36. The zero-order valence-corrected chi connectivity index (χ0v) is 24.3. The van der Waals surface area contributed by atoms with Gasteiger partial charge in [0, 0.05) is 41.6 Å². The Morgan fingerprint density at radius 2 is 1.71 bits per heavy atom. The van der Waals surface area contributed by atoms with Crippen LogP contribution in [0.2, 0.25) is 0 Å². The van der Waals surface area contributed by atoms with Crippen LogP contribution in [0.1, 0.15) is 81.6 Å². The van der Waals surface area contributed by atoms with Crippen LogP contribution in [-0.4, -0.2) is 64.0 Å². The number of allylic oxidation sites excluding steroid dienone is 1. The number of epoxide rings is 1. The molecule has 2 aliphatic carbocycles. The van der Waals surface area contributed by atoms with Gasteiger partial charge in [-0.15, -0.1) is 6.58 Å². The zero-order chi connectivity index (χ0) is 28.6. The van der Waals surface area contributed by atoms with Gasteiger partial charge < -0.3 is 24.1 Å². The Hall–Kier alpha value is -2.03. The number of carbonyl (C=O) groups excluding carboxylic acids is 3. The van der Waals surface area contributed by atoms with Crippen LogP contribution in [-0.2, 0) is 33.3 Å². The fraction of sp³-hybridized carbons (Fsp3) is 0.767. The van der Waals surface area contributed by atoms with Crippen molar-refractivity contribution < 1.29 is 38.4 Å². The number of Topliss-reactive ketones (excluding diaryl/α,β-unsaturated/α-hetero) is 1. The normalized spacial score (nSPS) is 47.8. The topological polar surface area (TPSA) is 112 Å². The Labute approximate surface area is 226 Å². The van der Waals surface area contributed by atoms with E-state index in [-0.39, 0.29) is 37.1 Å². The lowest BCUT2D eigenvalue weighted by atomic mass is 9.42. The molecule has 0 bridgehead atoms. The molecule has 4 rings (SSSR count). The van der Waals surface area contributed by atoms with Gasteiger partial charge in [-0.3, -0.25) is 4.79 Å². The maximum atomic E-state index is 13.9. The Morgan fingerprint density at radius 1 is 1.11 bits per heavy atom. The smallest absolute Gasteiger partial charge is 0.341 e. The highest BCUT2D eigenvalue weighted by Crippen LogP contribution is 2.66. The molecule has 0 aromatic heterocycles. The summed E-state index contributed by atoms with van der Waals surface area (Å²) in [5.41, 5.74) is -4.30. The highest BCUT2D eigenvalue weighted by Gasteiger charge is 2.73. The van der Waals surface area contributed by atoms with E-state index in [1.807, 2.05) is 34.6 Å². The van der Waals surface area contributed by atoms with Crippen molar-refractivity contribution in [2.45, 2.75) is 123 Å². The molecule has 0 aromatic rings. The number of ether oxygens (including phenoxy) is 4. The molecule has 212 valence electrons. The predicted octanol–water partition coefficient (Wildman–Crippen LogP) is 4.08. The lowest BCUT2D eigenvalue weighted by Crippen LogP contribution is -2.75. The second-order valence-corrected chi connectivity index (χ2v) is 13.2. The number of rotatable bonds is 5. The van der Waals surface area contributed by atoms with Crippen molar-refractivity contribution in [1.29, 1.82) is 0 Å². The van der Waals surface area contributed by atoms with E-state index in [0.717, 1.165) is 0 Å². The SMILES string of the molecule is C=C[C@]1(C)C[C@@H](O)[C@H]2[C@@]3(C)[C@H](CC(=O)[C@]2(C)O1)C(C)(C)[C@@H](OC(=O)/C(C)=C\C)C[C@H]3OC(=O)[C@@]1(C)O[C@@H]1C. The molecular weight excluding hydrogens is 488 g/mol. The molecule has 4 fully saturated rings. The van der Waals surface area contributed by atoms with E-state index in [4.69, 9.17) is 18.9 Å². The van der Waals surface area contributed by atoms with Crippen molar-refractivity contribution in [2.24, 2.45) is 22.7 Å². The lowest BCUT2D eigenvalue weighted by molar-refractivity contribution is -0.296. The molecule has 2 heterocycles. The van der Waals surface area contributed by atoms with Crippen LogP contribution < -0.4 is 0 Å². The summed E-state index contributed by atoms with van der Waals surface area (Å²) in [5.74, 6) is -2.10. The molecule has 0 spiro atoms. The van der Waals surface area contributed by atoms with Gasteiger partial charge in [-0.05, 0) is 47.5 Å². The van der Waals surface area contributed by atoms with E-state index < -0.39 is 63.8 Å². The van der Waals surface area contributed by atoms with Gasteiger partial charge in [-0.25, -0.2) is 9.59 Å². The maximum Gasteiger partial charge on any atom is 0.341 e. The first-order valence-electron chi connectivity index (χ1n) is 13.7. The molecule has 0 aromatic carbocycles. The van der Waals surface area contributed by atoms with Gasteiger partial charge in [0.2, 0.25) is 0 Å². The van der Waals surface area contributed by atoms with Gasteiger partial charge in [-0.1, -0.05) is 32.9 Å². The average Bonchev–Trinajstić information content (AvgIpc) is 3.45. The number of aliphatic hydroxyl groups is 1. The highest BCUT2D eigenvalue weighted by molar-refractivity contribution is 5.90. The van der Waals surface area contributed by atoms with E-state index in [2.05, 4.69) is 6.58 Å². The van der Waals surface area contributed by atoms with Crippen molar-refractivity contribution in [3.8, 4) is 0 Å². The second-order valence-electron chi connectivity index (χ2n) is 13.2. The Morgan fingerprint density at radius 3 is 2.24 bits per heavy atom. The molecule has 0 unspecified atom stereocenters. The van der Waals surface area contributed by atoms with Crippen LogP contribution in [0.25, 0.3) is 0 Å². The molecule has 8 heteroatoms. The molecule has 0 amide bonds. The maximum absolute atomic E-state index is 13.9. The van der Waals surface area contributed by atoms with Gasteiger partial charge in [0.25, 0.3) is 0 Å². The second kappa shape index (κ2) is 9.00. The molecule has 4 aliphatic rings. The van der Waals surface area contributed by atoms with Crippen LogP contribution in [0, 0.1) is 22.7 Å². The largest absolute Gasteiger partial charge is 0.459 e. The van der Waals surface area contributed by atoms with Crippen molar-refractivity contribution in [2.75, 3.05) is 0 Å². The van der Waals surface area contributed by atoms with Gasteiger partial charge in [0.1, 0.15) is 17.8 Å². The summed E-state index contributed by atoms with van der Waals surface area (Å²) in [4.78, 5) is 40.1. The monoisotopic (exact) mass is 532 g/mol. The fourth-order valence-corrected chi connectivity index (χ4v) is 7.65. The summed E-state index contributed by atoms with van der Waals surface area (Å²) >= 11 is 0. The number of aliphatic hydroxyl groups excluding tert-OH is 1. The predicted molar refractivity (Wildman–Crippen MR) is 140 cm³/mol. The summed E-state index contributed by atoms with van der Waals surface area (Å²) < 4.78 is 24.3. The standard InChI is InChI=1S/C30H44O8/c1-11-16(3)24(33)35-21-14-22(36-25(34)29(9)17(4)37-29)28(8)19(26(21,5)6)13-20(32)30(10)23(28)18(31)15-27(7,12-2)38-30/h11-12,17-19,21-23,31H,2,13-15H2,1,3-10H3/b16-11-/t17-,18-,19-,21+,22-,23+,27-,28+,29+,30+/m1/s1. The quantitative estimate of drug-likeness (QED) is 0.244. The van der Waals surface area contributed by atoms with E-state index in [1.54, 1.807) is 39.8 Å². The van der Waals surface area contributed by atoms with E-state index in [1.165, 1.54) is 0 Å². The minimum absolute atomic E-state index is 0.127. The van der Waals surface area contributed by atoms with Crippen LogP contribution in [0.5, 0.6) is 0 Å².